The third-order valence-electron chi connectivity index (χ3n) is 3.08. The van der Waals surface area contributed by atoms with Gasteiger partial charge in [-0.2, -0.15) is 0 Å². The summed E-state index contributed by atoms with van der Waals surface area (Å²) < 4.78 is 26.5. The van der Waals surface area contributed by atoms with Gasteiger partial charge in [0.25, 0.3) is 0 Å². The van der Waals surface area contributed by atoms with Crippen LogP contribution in [0.15, 0.2) is 24.4 Å². The summed E-state index contributed by atoms with van der Waals surface area (Å²) in [6.45, 7) is 4.78. The smallest absolute Gasteiger partial charge is 0.135 e. The minimum atomic E-state index is -0.593. The van der Waals surface area contributed by atoms with Crippen molar-refractivity contribution in [3.05, 3.63) is 41.9 Å². The molecule has 0 spiro atoms. The number of halogens is 2. The molecule has 5 heteroatoms. The Kier molecular flexibility index (Phi) is 4.27. The van der Waals surface area contributed by atoms with E-state index in [-0.39, 0.29) is 0 Å². The molecule has 0 bridgehead atoms. The molecule has 2 aromatic rings. The third-order valence-corrected chi connectivity index (χ3v) is 3.08. The van der Waals surface area contributed by atoms with Crippen molar-refractivity contribution in [2.24, 2.45) is 0 Å². The van der Waals surface area contributed by atoms with E-state index in [0.29, 0.717) is 23.8 Å². The lowest BCUT2D eigenvalue weighted by molar-refractivity contribution is 0.525. The van der Waals surface area contributed by atoms with E-state index in [1.807, 2.05) is 0 Å². The van der Waals surface area contributed by atoms with E-state index < -0.39 is 11.6 Å². The number of nitrogens with one attached hydrogen (secondary N) is 2. The quantitative estimate of drug-likeness (QED) is 0.871. The van der Waals surface area contributed by atoms with Crippen LogP contribution in [0, 0.1) is 11.6 Å². The van der Waals surface area contributed by atoms with Gasteiger partial charge in [-0.3, -0.25) is 0 Å². The van der Waals surface area contributed by atoms with Crippen molar-refractivity contribution < 1.29 is 8.78 Å². The molecule has 19 heavy (non-hydrogen) atoms. The summed E-state index contributed by atoms with van der Waals surface area (Å²) in [4.78, 5) is 7.22. The first-order valence-electron chi connectivity index (χ1n) is 6.32. The van der Waals surface area contributed by atoms with Gasteiger partial charge in [-0.15, -0.1) is 0 Å². The van der Waals surface area contributed by atoms with Gasteiger partial charge in [-0.1, -0.05) is 6.92 Å². The molecule has 0 aliphatic rings. The Morgan fingerprint density at radius 1 is 1.37 bits per heavy atom. The van der Waals surface area contributed by atoms with Gasteiger partial charge in [-0.05, 0) is 25.5 Å². The van der Waals surface area contributed by atoms with Crippen molar-refractivity contribution in [1.82, 2.24) is 15.3 Å². The molecular weight excluding hydrogens is 248 g/mol. The fourth-order valence-electron chi connectivity index (χ4n) is 1.71. The number of hydrogen-bond donors (Lipinski definition) is 2. The average Bonchev–Trinajstić information content (AvgIpc) is 2.84. The lowest BCUT2D eigenvalue weighted by Gasteiger charge is -2.08. The van der Waals surface area contributed by atoms with E-state index >= 15 is 0 Å². The van der Waals surface area contributed by atoms with E-state index in [2.05, 4.69) is 29.1 Å². The van der Waals surface area contributed by atoms with Crippen LogP contribution in [0.3, 0.4) is 0 Å². The van der Waals surface area contributed by atoms with Gasteiger partial charge in [0.15, 0.2) is 0 Å². The largest absolute Gasteiger partial charge is 0.341 e. The molecule has 0 aliphatic carbocycles. The molecule has 1 atom stereocenters. The van der Waals surface area contributed by atoms with Gasteiger partial charge >= 0.3 is 0 Å². The highest BCUT2D eigenvalue weighted by molar-refractivity contribution is 5.59. The van der Waals surface area contributed by atoms with E-state index in [1.165, 1.54) is 12.1 Å². The highest BCUT2D eigenvalue weighted by Gasteiger charge is 2.09. The maximum Gasteiger partial charge on any atom is 0.135 e. The highest BCUT2D eigenvalue weighted by atomic mass is 19.1. The summed E-state index contributed by atoms with van der Waals surface area (Å²) in [5, 5.41) is 3.29. The fourth-order valence-corrected chi connectivity index (χ4v) is 1.71. The number of H-pyrrole nitrogens is 1. The molecule has 1 aromatic carbocycles. The molecule has 3 nitrogen and oxygen atoms in total. The zero-order valence-electron chi connectivity index (χ0n) is 11.0. The zero-order chi connectivity index (χ0) is 13.8. The van der Waals surface area contributed by atoms with E-state index in [1.54, 1.807) is 6.20 Å². The van der Waals surface area contributed by atoms with Gasteiger partial charge in [0.1, 0.15) is 17.5 Å². The van der Waals surface area contributed by atoms with Crippen molar-refractivity contribution in [2.75, 3.05) is 0 Å². The van der Waals surface area contributed by atoms with Crippen LogP contribution in [0.5, 0.6) is 0 Å². The minimum absolute atomic E-state index is 0.323. The number of hydrogen-bond acceptors (Lipinski definition) is 2. The molecule has 1 heterocycles. The van der Waals surface area contributed by atoms with Crippen LogP contribution in [0.4, 0.5) is 8.78 Å². The number of aromatic nitrogens is 2. The van der Waals surface area contributed by atoms with Crippen LogP contribution < -0.4 is 5.32 Å². The molecule has 1 unspecified atom stereocenters. The number of rotatable bonds is 5. The van der Waals surface area contributed by atoms with Crippen LogP contribution >= 0.6 is 0 Å². The molecule has 0 saturated carbocycles. The summed E-state index contributed by atoms with van der Waals surface area (Å²) >= 11 is 0. The Bertz CT molecular complexity index is 551. The second-order valence-electron chi connectivity index (χ2n) is 4.56. The number of imidazole rings is 1. The van der Waals surface area contributed by atoms with Gasteiger partial charge in [-0.25, -0.2) is 13.8 Å². The standard InChI is InChI=1S/C14H17F2N3/c1-3-9(2)17-8-14-18-7-13(19-14)11-5-4-10(15)6-12(11)16/h4-7,9,17H,3,8H2,1-2H3,(H,18,19). The van der Waals surface area contributed by atoms with E-state index in [9.17, 15) is 8.78 Å². The molecular formula is C14H17F2N3. The second-order valence-corrected chi connectivity index (χ2v) is 4.56. The van der Waals surface area contributed by atoms with E-state index in [4.69, 9.17) is 0 Å². The maximum absolute atomic E-state index is 13.6. The summed E-state index contributed by atoms with van der Waals surface area (Å²) in [5.74, 6) is -0.441. The summed E-state index contributed by atoms with van der Waals surface area (Å²) in [6, 6.07) is 3.91. The normalized spacial score (nSPS) is 12.6. The van der Waals surface area contributed by atoms with Crippen molar-refractivity contribution in [1.29, 1.82) is 0 Å². The van der Waals surface area contributed by atoms with Crippen LogP contribution in [0.25, 0.3) is 11.3 Å². The number of nitrogens with zero attached hydrogens (tertiary/aromatic N) is 1. The van der Waals surface area contributed by atoms with E-state index in [0.717, 1.165) is 18.3 Å². The molecule has 2 rings (SSSR count). The molecule has 0 amide bonds. The van der Waals surface area contributed by atoms with Crippen molar-refractivity contribution in [2.45, 2.75) is 32.9 Å². The molecule has 0 fully saturated rings. The molecule has 1 aromatic heterocycles. The Labute approximate surface area is 111 Å². The minimum Gasteiger partial charge on any atom is -0.341 e. The number of benzene rings is 1. The number of aromatic amines is 1. The summed E-state index contributed by atoms with van der Waals surface area (Å²) in [7, 11) is 0. The topological polar surface area (TPSA) is 40.7 Å². The highest BCUT2D eigenvalue weighted by Crippen LogP contribution is 2.21. The molecule has 0 radical (unpaired) electrons. The lowest BCUT2D eigenvalue weighted by atomic mass is 10.1. The van der Waals surface area contributed by atoms with Crippen LogP contribution in [0.2, 0.25) is 0 Å². The Morgan fingerprint density at radius 2 is 2.16 bits per heavy atom. The molecule has 0 saturated heterocycles. The van der Waals surface area contributed by atoms with Crippen molar-refractivity contribution >= 4 is 0 Å². The monoisotopic (exact) mass is 265 g/mol. The van der Waals surface area contributed by atoms with Gasteiger partial charge in [0.05, 0.1) is 18.4 Å². The van der Waals surface area contributed by atoms with Crippen LogP contribution in [-0.2, 0) is 6.54 Å². The average molecular weight is 265 g/mol. The zero-order valence-corrected chi connectivity index (χ0v) is 11.0. The van der Waals surface area contributed by atoms with Crippen LogP contribution in [0.1, 0.15) is 26.1 Å². The predicted molar refractivity (Wildman–Crippen MR) is 70.5 cm³/mol. The maximum atomic E-state index is 13.6. The summed E-state index contributed by atoms with van der Waals surface area (Å²) in [6.07, 6.45) is 2.59. The first kappa shape index (κ1) is 13.7. The second kappa shape index (κ2) is 5.93. The third kappa shape index (κ3) is 3.38. The Balaban J connectivity index is 2.12. The molecule has 102 valence electrons. The van der Waals surface area contributed by atoms with Crippen LogP contribution in [-0.4, -0.2) is 16.0 Å². The Morgan fingerprint density at radius 3 is 2.84 bits per heavy atom. The first-order valence-corrected chi connectivity index (χ1v) is 6.32. The molecule has 0 aliphatic heterocycles. The lowest BCUT2D eigenvalue weighted by Crippen LogP contribution is -2.24. The Hall–Kier alpha value is -1.75. The first-order chi connectivity index (χ1) is 9.10. The van der Waals surface area contributed by atoms with Gasteiger partial charge in [0.2, 0.25) is 0 Å². The SMILES string of the molecule is CCC(C)NCc1ncc(-c2ccc(F)cc2F)[nH]1. The predicted octanol–water partition coefficient (Wildman–Crippen LogP) is 3.24. The van der Waals surface area contributed by atoms with Gasteiger partial charge < -0.3 is 10.3 Å². The summed E-state index contributed by atoms with van der Waals surface area (Å²) in [5.41, 5.74) is 0.877. The van der Waals surface area contributed by atoms with Gasteiger partial charge in [0, 0.05) is 17.7 Å². The van der Waals surface area contributed by atoms with Crippen molar-refractivity contribution in [3.8, 4) is 11.3 Å². The molecule has 2 N–H and O–H groups in total. The fraction of sp³-hybridized carbons (Fsp3) is 0.357. The van der Waals surface area contributed by atoms with Crippen molar-refractivity contribution in [3.63, 3.8) is 0 Å².